The number of imide groups is 1. The lowest BCUT2D eigenvalue weighted by atomic mass is 9.71. The molecule has 1 aromatic carbocycles. The summed E-state index contributed by atoms with van der Waals surface area (Å²) in [7, 11) is 0. The van der Waals surface area contributed by atoms with Crippen LogP contribution in [0.2, 0.25) is 0 Å². The molecule has 0 aromatic heterocycles. The molecule has 100 valence electrons. The van der Waals surface area contributed by atoms with Gasteiger partial charge >= 0.3 is 5.97 Å². The van der Waals surface area contributed by atoms with Gasteiger partial charge in [0.2, 0.25) is 11.8 Å². The number of hydrogen-bond donors (Lipinski definition) is 2. The molecule has 1 aliphatic rings. The van der Waals surface area contributed by atoms with Crippen molar-refractivity contribution in [3.05, 3.63) is 35.9 Å². The topological polar surface area (TPSA) is 83.5 Å². The number of piperidine rings is 1. The van der Waals surface area contributed by atoms with Crippen LogP contribution >= 0.6 is 0 Å². The summed E-state index contributed by atoms with van der Waals surface area (Å²) in [6.07, 6.45) is 0.692. The van der Waals surface area contributed by atoms with Gasteiger partial charge in [-0.2, -0.15) is 0 Å². The van der Waals surface area contributed by atoms with Gasteiger partial charge in [0, 0.05) is 12.8 Å². The molecule has 2 N–H and O–H groups in total. The molecule has 1 aromatic rings. The lowest BCUT2D eigenvalue weighted by Gasteiger charge is -2.35. The molecule has 0 aliphatic carbocycles. The van der Waals surface area contributed by atoms with Crippen molar-refractivity contribution in [1.82, 2.24) is 5.32 Å². The highest BCUT2D eigenvalue weighted by Gasteiger charge is 2.44. The van der Waals surface area contributed by atoms with Gasteiger partial charge in [0.05, 0.1) is 5.41 Å². The minimum absolute atomic E-state index is 0.101. The van der Waals surface area contributed by atoms with Crippen molar-refractivity contribution in [2.45, 2.75) is 31.1 Å². The van der Waals surface area contributed by atoms with E-state index in [2.05, 4.69) is 5.32 Å². The zero-order chi connectivity index (χ0) is 13.9. The van der Waals surface area contributed by atoms with E-state index in [-0.39, 0.29) is 25.2 Å². The molecule has 1 saturated heterocycles. The summed E-state index contributed by atoms with van der Waals surface area (Å²) in [6, 6.07) is 9.05. The van der Waals surface area contributed by atoms with Crippen molar-refractivity contribution in [1.29, 1.82) is 0 Å². The summed E-state index contributed by atoms with van der Waals surface area (Å²) >= 11 is 0. The van der Waals surface area contributed by atoms with Crippen molar-refractivity contribution in [2.24, 2.45) is 0 Å². The van der Waals surface area contributed by atoms with Crippen LogP contribution in [0.15, 0.2) is 30.3 Å². The highest BCUT2D eigenvalue weighted by atomic mass is 16.4. The number of carbonyl (C=O) groups excluding carboxylic acids is 2. The molecule has 5 nitrogen and oxygen atoms in total. The van der Waals surface area contributed by atoms with E-state index in [1.54, 1.807) is 12.1 Å². The molecule has 0 saturated carbocycles. The van der Waals surface area contributed by atoms with Crippen molar-refractivity contribution in [3.63, 3.8) is 0 Å². The smallest absolute Gasteiger partial charge is 0.303 e. The molecule has 1 fully saturated rings. The Balaban J connectivity index is 2.35. The monoisotopic (exact) mass is 261 g/mol. The fourth-order valence-electron chi connectivity index (χ4n) is 2.49. The fourth-order valence-corrected chi connectivity index (χ4v) is 2.49. The van der Waals surface area contributed by atoms with E-state index in [4.69, 9.17) is 5.11 Å². The summed E-state index contributed by atoms with van der Waals surface area (Å²) in [5.74, 6) is -1.64. The minimum Gasteiger partial charge on any atom is -0.481 e. The first-order chi connectivity index (χ1) is 9.04. The maximum Gasteiger partial charge on any atom is 0.303 e. The predicted molar refractivity (Wildman–Crippen MR) is 67.4 cm³/mol. The first-order valence-electron chi connectivity index (χ1n) is 6.16. The maximum absolute atomic E-state index is 12.2. The van der Waals surface area contributed by atoms with Crippen LogP contribution in [0.3, 0.4) is 0 Å². The summed E-state index contributed by atoms with van der Waals surface area (Å²) in [4.78, 5) is 34.3. The van der Waals surface area contributed by atoms with Crippen molar-refractivity contribution in [3.8, 4) is 0 Å². The van der Waals surface area contributed by atoms with Crippen LogP contribution in [0.4, 0.5) is 0 Å². The van der Waals surface area contributed by atoms with Crippen LogP contribution in [0.25, 0.3) is 0 Å². The highest BCUT2D eigenvalue weighted by molar-refractivity contribution is 6.03. The standard InChI is InChI=1S/C14H15NO4/c16-11-6-8-14(13(19)15-11,9-7-12(17)18)10-4-2-1-3-5-10/h1-5H,6-9H2,(H,17,18)(H,15,16,19)/t14-/m1/s1. The molecule has 2 rings (SSSR count). The van der Waals surface area contributed by atoms with Crippen LogP contribution < -0.4 is 5.32 Å². The van der Waals surface area contributed by atoms with Crippen LogP contribution in [0.1, 0.15) is 31.2 Å². The van der Waals surface area contributed by atoms with E-state index < -0.39 is 17.3 Å². The largest absolute Gasteiger partial charge is 0.481 e. The van der Waals surface area contributed by atoms with E-state index in [0.29, 0.717) is 6.42 Å². The number of carboxylic acid groups (broad SMARTS) is 1. The molecule has 1 atom stereocenters. The van der Waals surface area contributed by atoms with Crippen molar-refractivity contribution < 1.29 is 19.5 Å². The third kappa shape index (κ3) is 2.65. The Morgan fingerprint density at radius 1 is 1.26 bits per heavy atom. The highest BCUT2D eigenvalue weighted by Crippen LogP contribution is 2.36. The summed E-state index contributed by atoms with van der Waals surface area (Å²) in [5.41, 5.74) is -0.144. The lowest BCUT2D eigenvalue weighted by Crippen LogP contribution is -2.51. The number of carbonyl (C=O) groups is 3. The van der Waals surface area contributed by atoms with Crippen molar-refractivity contribution in [2.75, 3.05) is 0 Å². The Morgan fingerprint density at radius 2 is 1.95 bits per heavy atom. The van der Waals surface area contributed by atoms with Gasteiger partial charge in [0.25, 0.3) is 0 Å². The van der Waals surface area contributed by atoms with Gasteiger partial charge in [-0.15, -0.1) is 0 Å². The normalized spacial score (nSPS) is 22.9. The molecule has 1 heterocycles. The van der Waals surface area contributed by atoms with Crippen LogP contribution in [0.5, 0.6) is 0 Å². The first kappa shape index (κ1) is 13.3. The molecule has 0 spiro atoms. The predicted octanol–water partition coefficient (Wildman–Crippen LogP) is 1.23. The number of nitrogens with one attached hydrogen (secondary N) is 1. The third-order valence-corrected chi connectivity index (χ3v) is 3.56. The van der Waals surface area contributed by atoms with E-state index >= 15 is 0 Å². The third-order valence-electron chi connectivity index (χ3n) is 3.56. The Kier molecular flexibility index (Phi) is 3.64. The average Bonchev–Trinajstić information content (AvgIpc) is 2.39. The number of carboxylic acids is 1. The van der Waals surface area contributed by atoms with Gasteiger partial charge in [-0.3, -0.25) is 19.7 Å². The number of amides is 2. The molecular formula is C14H15NO4. The first-order valence-corrected chi connectivity index (χ1v) is 6.16. The minimum atomic E-state index is -0.944. The molecule has 0 bridgehead atoms. The zero-order valence-electron chi connectivity index (χ0n) is 10.4. The second-order valence-electron chi connectivity index (χ2n) is 4.72. The van der Waals surface area contributed by atoms with Gasteiger partial charge in [-0.05, 0) is 18.4 Å². The molecular weight excluding hydrogens is 246 g/mol. The Morgan fingerprint density at radius 3 is 2.53 bits per heavy atom. The number of benzene rings is 1. The van der Waals surface area contributed by atoms with Crippen LogP contribution in [0, 0.1) is 0 Å². The molecule has 1 aliphatic heterocycles. The van der Waals surface area contributed by atoms with Gasteiger partial charge < -0.3 is 5.11 Å². The second-order valence-corrected chi connectivity index (χ2v) is 4.72. The Hall–Kier alpha value is -2.17. The van der Waals surface area contributed by atoms with Gasteiger partial charge in [0.15, 0.2) is 0 Å². The molecule has 2 amide bonds. The van der Waals surface area contributed by atoms with Crippen LogP contribution in [-0.2, 0) is 19.8 Å². The number of aliphatic carboxylic acids is 1. The zero-order valence-corrected chi connectivity index (χ0v) is 10.4. The van der Waals surface area contributed by atoms with E-state index in [0.717, 1.165) is 5.56 Å². The summed E-state index contributed by atoms with van der Waals surface area (Å²) in [6.45, 7) is 0. The molecule has 5 heteroatoms. The SMILES string of the molecule is O=C(O)CC[C@@]1(c2ccccc2)CCC(=O)NC1=O. The van der Waals surface area contributed by atoms with E-state index in [1.165, 1.54) is 0 Å². The molecule has 0 radical (unpaired) electrons. The van der Waals surface area contributed by atoms with Gasteiger partial charge in [0.1, 0.15) is 0 Å². The number of rotatable bonds is 4. The Bertz CT molecular complexity index is 511. The average molecular weight is 261 g/mol. The quantitative estimate of drug-likeness (QED) is 0.798. The fraction of sp³-hybridized carbons (Fsp3) is 0.357. The van der Waals surface area contributed by atoms with Crippen molar-refractivity contribution >= 4 is 17.8 Å². The maximum atomic E-state index is 12.2. The Labute approximate surface area is 110 Å². The molecule has 19 heavy (non-hydrogen) atoms. The number of hydrogen-bond acceptors (Lipinski definition) is 3. The summed E-state index contributed by atoms with van der Waals surface area (Å²) < 4.78 is 0. The second kappa shape index (κ2) is 5.22. The van der Waals surface area contributed by atoms with E-state index in [1.807, 2.05) is 18.2 Å². The van der Waals surface area contributed by atoms with Gasteiger partial charge in [-0.1, -0.05) is 30.3 Å². The molecule has 0 unspecified atom stereocenters. The van der Waals surface area contributed by atoms with Gasteiger partial charge in [-0.25, -0.2) is 0 Å². The van der Waals surface area contributed by atoms with Crippen LogP contribution in [-0.4, -0.2) is 22.9 Å². The summed E-state index contributed by atoms with van der Waals surface area (Å²) in [5, 5.41) is 11.2. The van der Waals surface area contributed by atoms with E-state index in [9.17, 15) is 14.4 Å². The lowest BCUT2D eigenvalue weighted by molar-refractivity contribution is -0.139.